The standard InChI is InChI=1S/C14H31N3O2S/c1-5-8-15-11-14-6-9-17(10-7-14)20(18,19)16-13(4)12(2)3/h12-16H,5-11H2,1-4H3. The molecule has 5 nitrogen and oxygen atoms in total. The van der Waals surface area contributed by atoms with Gasteiger partial charge in [0.05, 0.1) is 0 Å². The summed E-state index contributed by atoms with van der Waals surface area (Å²) in [6.07, 6.45) is 3.05. The minimum atomic E-state index is -3.31. The summed E-state index contributed by atoms with van der Waals surface area (Å²) in [6.45, 7) is 11.5. The van der Waals surface area contributed by atoms with Crippen molar-refractivity contribution in [1.82, 2.24) is 14.3 Å². The van der Waals surface area contributed by atoms with E-state index in [1.54, 1.807) is 4.31 Å². The Morgan fingerprint density at radius 2 is 1.80 bits per heavy atom. The van der Waals surface area contributed by atoms with E-state index < -0.39 is 10.2 Å². The largest absolute Gasteiger partial charge is 0.316 e. The Morgan fingerprint density at radius 1 is 1.20 bits per heavy atom. The zero-order valence-electron chi connectivity index (χ0n) is 13.4. The van der Waals surface area contributed by atoms with Crippen LogP contribution in [0.1, 0.15) is 47.0 Å². The predicted octanol–water partition coefficient (Wildman–Crippen LogP) is 1.58. The minimum Gasteiger partial charge on any atom is -0.316 e. The third kappa shape index (κ3) is 5.68. The second kappa shape index (κ2) is 8.32. The molecule has 0 bridgehead atoms. The molecule has 1 fully saturated rings. The van der Waals surface area contributed by atoms with E-state index in [0.717, 1.165) is 32.4 Å². The van der Waals surface area contributed by atoms with Crippen molar-refractivity contribution < 1.29 is 8.42 Å². The van der Waals surface area contributed by atoms with Crippen molar-refractivity contribution in [1.29, 1.82) is 0 Å². The molecule has 1 aliphatic heterocycles. The minimum absolute atomic E-state index is 0.0241. The molecule has 1 unspecified atom stereocenters. The van der Waals surface area contributed by atoms with Crippen LogP contribution < -0.4 is 10.0 Å². The van der Waals surface area contributed by atoms with E-state index in [1.165, 1.54) is 0 Å². The topological polar surface area (TPSA) is 61.4 Å². The average molecular weight is 305 g/mol. The molecule has 1 heterocycles. The van der Waals surface area contributed by atoms with E-state index in [0.29, 0.717) is 24.9 Å². The first-order valence-electron chi connectivity index (χ1n) is 7.85. The second-order valence-electron chi connectivity index (χ2n) is 6.20. The van der Waals surface area contributed by atoms with E-state index in [2.05, 4.69) is 17.0 Å². The molecule has 0 aromatic heterocycles. The van der Waals surface area contributed by atoms with Crippen LogP contribution in [0.15, 0.2) is 0 Å². The lowest BCUT2D eigenvalue weighted by atomic mass is 9.98. The molecule has 120 valence electrons. The number of hydrogen-bond donors (Lipinski definition) is 2. The van der Waals surface area contributed by atoms with Crippen molar-refractivity contribution in [3.63, 3.8) is 0 Å². The van der Waals surface area contributed by atoms with Gasteiger partial charge in [0.2, 0.25) is 0 Å². The van der Waals surface area contributed by atoms with Crippen LogP contribution in [0.2, 0.25) is 0 Å². The maximum atomic E-state index is 12.3. The highest BCUT2D eigenvalue weighted by atomic mass is 32.2. The lowest BCUT2D eigenvalue weighted by molar-refractivity contribution is 0.263. The molecule has 0 aromatic rings. The van der Waals surface area contributed by atoms with Crippen LogP contribution in [0.4, 0.5) is 0 Å². The van der Waals surface area contributed by atoms with Gasteiger partial charge in [-0.1, -0.05) is 20.8 Å². The number of nitrogens with one attached hydrogen (secondary N) is 2. The highest BCUT2D eigenvalue weighted by Gasteiger charge is 2.29. The van der Waals surface area contributed by atoms with Crippen LogP contribution in [0.3, 0.4) is 0 Å². The Kier molecular flexibility index (Phi) is 7.43. The maximum absolute atomic E-state index is 12.3. The summed E-state index contributed by atoms with van der Waals surface area (Å²) in [5, 5.41) is 3.42. The van der Waals surface area contributed by atoms with E-state index in [4.69, 9.17) is 0 Å². The summed E-state index contributed by atoms with van der Waals surface area (Å²) in [7, 11) is -3.31. The Morgan fingerprint density at radius 3 is 2.30 bits per heavy atom. The normalized spacial score (nSPS) is 20.4. The van der Waals surface area contributed by atoms with Crippen molar-refractivity contribution in [2.75, 3.05) is 26.2 Å². The van der Waals surface area contributed by atoms with Crippen molar-refractivity contribution >= 4 is 10.2 Å². The zero-order chi connectivity index (χ0) is 15.2. The molecule has 20 heavy (non-hydrogen) atoms. The van der Waals surface area contributed by atoms with Gasteiger partial charge in [-0.05, 0) is 51.1 Å². The van der Waals surface area contributed by atoms with Gasteiger partial charge < -0.3 is 5.32 Å². The van der Waals surface area contributed by atoms with Crippen LogP contribution in [-0.2, 0) is 10.2 Å². The van der Waals surface area contributed by atoms with Crippen LogP contribution >= 0.6 is 0 Å². The Balaban J connectivity index is 2.40. The molecule has 0 saturated carbocycles. The van der Waals surface area contributed by atoms with Crippen molar-refractivity contribution in [3.8, 4) is 0 Å². The quantitative estimate of drug-likeness (QED) is 0.669. The summed E-state index contributed by atoms with van der Waals surface area (Å²) in [6, 6.07) is -0.0241. The first-order chi connectivity index (χ1) is 9.36. The van der Waals surface area contributed by atoms with E-state index in [9.17, 15) is 8.42 Å². The molecule has 2 N–H and O–H groups in total. The number of rotatable bonds is 8. The highest BCUT2D eigenvalue weighted by Crippen LogP contribution is 2.19. The summed E-state index contributed by atoms with van der Waals surface area (Å²) in [4.78, 5) is 0. The molecular formula is C14H31N3O2S. The van der Waals surface area contributed by atoms with Crippen molar-refractivity contribution in [2.24, 2.45) is 11.8 Å². The molecule has 1 atom stereocenters. The molecule has 1 aliphatic rings. The Bertz CT molecular complexity index is 363. The van der Waals surface area contributed by atoms with Gasteiger partial charge in [-0.25, -0.2) is 0 Å². The summed E-state index contributed by atoms with van der Waals surface area (Å²) in [5.74, 6) is 0.913. The van der Waals surface area contributed by atoms with Crippen LogP contribution in [0.25, 0.3) is 0 Å². The average Bonchev–Trinajstić information content (AvgIpc) is 2.39. The van der Waals surface area contributed by atoms with Gasteiger partial charge in [-0.15, -0.1) is 0 Å². The molecule has 0 spiro atoms. The van der Waals surface area contributed by atoms with Gasteiger partial charge in [-0.3, -0.25) is 0 Å². The summed E-state index contributed by atoms with van der Waals surface area (Å²) < 4.78 is 28.9. The third-order valence-corrected chi connectivity index (χ3v) is 5.82. The molecular weight excluding hydrogens is 274 g/mol. The SMILES string of the molecule is CCCNCC1CCN(S(=O)(=O)NC(C)C(C)C)CC1. The fourth-order valence-corrected chi connectivity index (χ4v) is 3.86. The zero-order valence-corrected chi connectivity index (χ0v) is 14.2. The van der Waals surface area contributed by atoms with Crippen molar-refractivity contribution in [3.05, 3.63) is 0 Å². The third-order valence-electron chi connectivity index (χ3n) is 4.11. The number of piperidine rings is 1. The highest BCUT2D eigenvalue weighted by molar-refractivity contribution is 7.87. The summed E-state index contributed by atoms with van der Waals surface area (Å²) in [5.41, 5.74) is 0. The second-order valence-corrected chi connectivity index (χ2v) is 7.90. The molecule has 0 aromatic carbocycles. The number of hydrogen-bond acceptors (Lipinski definition) is 3. The molecule has 1 saturated heterocycles. The number of nitrogens with zero attached hydrogens (tertiary/aromatic N) is 1. The van der Waals surface area contributed by atoms with Crippen LogP contribution in [0.5, 0.6) is 0 Å². The van der Waals surface area contributed by atoms with Crippen molar-refractivity contribution in [2.45, 2.75) is 53.0 Å². The first-order valence-corrected chi connectivity index (χ1v) is 9.29. The molecule has 1 rings (SSSR count). The molecule has 0 radical (unpaired) electrons. The van der Waals surface area contributed by atoms with Crippen LogP contribution in [0, 0.1) is 11.8 Å². The van der Waals surface area contributed by atoms with Crippen LogP contribution in [-0.4, -0.2) is 44.9 Å². The summed E-state index contributed by atoms with van der Waals surface area (Å²) >= 11 is 0. The van der Waals surface area contributed by atoms with E-state index >= 15 is 0 Å². The molecule has 0 amide bonds. The smallest absolute Gasteiger partial charge is 0.279 e. The first kappa shape index (κ1) is 17.9. The molecule has 0 aliphatic carbocycles. The Hall–Kier alpha value is -0.170. The molecule has 6 heteroatoms. The van der Waals surface area contributed by atoms with Gasteiger partial charge in [-0.2, -0.15) is 17.4 Å². The lowest BCUT2D eigenvalue weighted by Crippen LogP contribution is -2.49. The van der Waals surface area contributed by atoms with Gasteiger partial charge in [0, 0.05) is 19.1 Å². The van der Waals surface area contributed by atoms with E-state index in [1.807, 2.05) is 20.8 Å². The van der Waals surface area contributed by atoms with E-state index in [-0.39, 0.29) is 6.04 Å². The fourth-order valence-electron chi connectivity index (χ4n) is 2.28. The van der Waals surface area contributed by atoms with Gasteiger partial charge in [0.1, 0.15) is 0 Å². The fraction of sp³-hybridized carbons (Fsp3) is 1.00. The van der Waals surface area contributed by atoms with Gasteiger partial charge in [0.25, 0.3) is 10.2 Å². The lowest BCUT2D eigenvalue weighted by Gasteiger charge is -2.32. The Labute approximate surface area is 124 Å². The van der Waals surface area contributed by atoms with Gasteiger partial charge >= 0.3 is 0 Å². The maximum Gasteiger partial charge on any atom is 0.279 e. The van der Waals surface area contributed by atoms with Gasteiger partial charge in [0.15, 0.2) is 0 Å². The predicted molar refractivity (Wildman–Crippen MR) is 83.8 cm³/mol. The monoisotopic (exact) mass is 305 g/mol.